The first-order chi connectivity index (χ1) is 12.3. The van der Waals surface area contributed by atoms with Crippen LogP contribution in [0.15, 0.2) is 47.0 Å². The third-order valence-corrected chi connectivity index (χ3v) is 5.09. The van der Waals surface area contributed by atoms with Gasteiger partial charge in [0.05, 0.1) is 11.7 Å². The van der Waals surface area contributed by atoms with Crippen molar-refractivity contribution in [3.8, 4) is 11.1 Å². The first kappa shape index (κ1) is 14.5. The average molecular weight is 332 g/mol. The molecule has 0 amide bonds. The van der Waals surface area contributed by atoms with Gasteiger partial charge in [-0.05, 0) is 48.2 Å². The highest BCUT2D eigenvalue weighted by atomic mass is 16.4. The Hall–Kier alpha value is -2.82. The van der Waals surface area contributed by atoms with Crippen LogP contribution in [0.1, 0.15) is 32.1 Å². The number of aromatic nitrogens is 3. The summed E-state index contributed by atoms with van der Waals surface area (Å²) in [6, 6.07) is 13.6. The standard InChI is InChI=1S/C20H20N4O/c1-2-4-16(5-3-1)22-20-23-18-11-14(7-9-19(18)25-20)13-6-8-17-15(10-13)12-21-24-17/h6-12,16H,1-5H2,(H,21,24)(H,22,23). The number of aromatic amines is 1. The maximum atomic E-state index is 5.88. The van der Waals surface area contributed by atoms with Crippen LogP contribution in [-0.2, 0) is 0 Å². The van der Waals surface area contributed by atoms with E-state index in [1.54, 1.807) is 0 Å². The SMILES string of the molecule is c1cc2[nH]ncc2cc1-c1ccc2oc(NC3CCCCC3)nc2c1. The van der Waals surface area contributed by atoms with Gasteiger partial charge in [0, 0.05) is 11.4 Å². The predicted octanol–water partition coefficient (Wildman–Crippen LogP) is 5.12. The van der Waals surface area contributed by atoms with Crippen molar-refractivity contribution in [2.24, 2.45) is 0 Å². The highest BCUT2D eigenvalue weighted by molar-refractivity contribution is 5.87. The number of nitrogens with one attached hydrogen (secondary N) is 2. The van der Waals surface area contributed by atoms with E-state index in [2.05, 4.69) is 50.8 Å². The lowest BCUT2D eigenvalue weighted by molar-refractivity contribution is 0.451. The lowest BCUT2D eigenvalue weighted by Crippen LogP contribution is -2.22. The van der Waals surface area contributed by atoms with Gasteiger partial charge in [-0.1, -0.05) is 31.4 Å². The zero-order chi connectivity index (χ0) is 16.6. The van der Waals surface area contributed by atoms with Gasteiger partial charge in [-0.25, -0.2) is 0 Å². The van der Waals surface area contributed by atoms with Crippen LogP contribution in [0.2, 0.25) is 0 Å². The number of anilines is 1. The van der Waals surface area contributed by atoms with Gasteiger partial charge in [0.25, 0.3) is 6.01 Å². The summed E-state index contributed by atoms with van der Waals surface area (Å²) >= 11 is 0. The Kier molecular flexibility index (Phi) is 3.44. The van der Waals surface area contributed by atoms with E-state index < -0.39 is 0 Å². The van der Waals surface area contributed by atoms with Crippen LogP contribution < -0.4 is 5.32 Å². The fourth-order valence-electron chi connectivity index (χ4n) is 3.71. The summed E-state index contributed by atoms with van der Waals surface area (Å²) in [5.41, 5.74) is 5.05. The van der Waals surface area contributed by atoms with Crippen LogP contribution in [0.4, 0.5) is 6.01 Å². The molecule has 0 radical (unpaired) electrons. The molecule has 5 nitrogen and oxygen atoms in total. The summed E-state index contributed by atoms with van der Waals surface area (Å²) in [6.07, 6.45) is 8.18. The molecule has 0 atom stereocenters. The Bertz CT molecular complexity index is 1030. The number of oxazole rings is 1. The maximum Gasteiger partial charge on any atom is 0.295 e. The molecule has 2 N–H and O–H groups in total. The van der Waals surface area contributed by atoms with Crippen LogP contribution >= 0.6 is 0 Å². The fraction of sp³-hybridized carbons (Fsp3) is 0.300. The summed E-state index contributed by atoms with van der Waals surface area (Å²) in [7, 11) is 0. The lowest BCUT2D eigenvalue weighted by Gasteiger charge is -2.21. The molecule has 2 heterocycles. The molecular weight excluding hydrogens is 312 g/mol. The van der Waals surface area contributed by atoms with Crippen molar-refractivity contribution in [3.63, 3.8) is 0 Å². The summed E-state index contributed by atoms with van der Waals surface area (Å²) in [4.78, 5) is 4.65. The van der Waals surface area contributed by atoms with Crippen molar-refractivity contribution in [3.05, 3.63) is 42.6 Å². The molecule has 0 spiro atoms. The first-order valence-electron chi connectivity index (χ1n) is 8.96. The summed E-state index contributed by atoms with van der Waals surface area (Å²) in [6.45, 7) is 0. The van der Waals surface area contributed by atoms with Crippen molar-refractivity contribution in [2.75, 3.05) is 5.32 Å². The van der Waals surface area contributed by atoms with Gasteiger partial charge in [-0.2, -0.15) is 10.1 Å². The Morgan fingerprint density at radius 2 is 1.84 bits per heavy atom. The third kappa shape index (κ3) is 2.76. The Balaban J connectivity index is 1.46. The summed E-state index contributed by atoms with van der Waals surface area (Å²) < 4.78 is 5.88. The highest BCUT2D eigenvalue weighted by Crippen LogP contribution is 2.29. The zero-order valence-electron chi connectivity index (χ0n) is 14.0. The largest absolute Gasteiger partial charge is 0.424 e. The molecule has 1 aliphatic carbocycles. The smallest absolute Gasteiger partial charge is 0.295 e. The molecular formula is C20H20N4O. The molecule has 2 aromatic carbocycles. The van der Waals surface area contributed by atoms with Crippen LogP contribution in [0.3, 0.4) is 0 Å². The minimum absolute atomic E-state index is 0.491. The molecule has 1 aliphatic rings. The number of fused-ring (bicyclic) bond motifs is 2. The van der Waals surface area contributed by atoms with Gasteiger partial charge >= 0.3 is 0 Å². The first-order valence-corrected chi connectivity index (χ1v) is 8.96. The minimum atomic E-state index is 0.491. The van der Waals surface area contributed by atoms with Gasteiger partial charge < -0.3 is 9.73 Å². The van der Waals surface area contributed by atoms with Gasteiger partial charge in [0.15, 0.2) is 5.58 Å². The van der Waals surface area contributed by atoms with E-state index in [0.717, 1.165) is 33.1 Å². The Labute approximate surface area is 145 Å². The summed E-state index contributed by atoms with van der Waals surface area (Å²) in [5, 5.41) is 11.6. The van der Waals surface area contributed by atoms with Gasteiger partial charge in [-0.3, -0.25) is 5.10 Å². The molecule has 2 aromatic heterocycles. The normalized spacial score (nSPS) is 15.8. The maximum absolute atomic E-state index is 5.88. The zero-order valence-corrected chi connectivity index (χ0v) is 14.0. The van der Waals surface area contributed by atoms with Gasteiger partial charge in [-0.15, -0.1) is 0 Å². The molecule has 5 heteroatoms. The second-order valence-corrected chi connectivity index (χ2v) is 6.85. The van der Waals surface area contributed by atoms with E-state index in [-0.39, 0.29) is 0 Å². The second kappa shape index (κ2) is 5.92. The van der Waals surface area contributed by atoms with Crippen LogP contribution in [0.5, 0.6) is 0 Å². The molecule has 0 bridgehead atoms. The highest BCUT2D eigenvalue weighted by Gasteiger charge is 2.16. The number of benzene rings is 2. The van der Waals surface area contributed by atoms with Gasteiger partial charge in [0.2, 0.25) is 0 Å². The quantitative estimate of drug-likeness (QED) is 0.547. The van der Waals surface area contributed by atoms with E-state index in [1.807, 2.05) is 12.3 Å². The van der Waals surface area contributed by atoms with E-state index in [1.165, 1.54) is 32.1 Å². The van der Waals surface area contributed by atoms with Crippen LogP contribution in [-0.4, -0.2) is 21.2 Å². The van der Waals surface area contributed by atoms with E-state index in [4.69, 9.17) is 4.42 Å². The molecule has 25 heavy (non-hydrogen) atoms. The van der Waals surface area contributed by atoms with E-state index in [9.17, 15) is 0 Å². The van der Waals surface area contributed by atoms with Crippen molar-refractivity contribution in [2.45, 2.75) is 38.1 Å². The lowest BCUT2D eigenvalue weighted by atomic mass is 9.96. The fourth-order valence-corrected chi connectivity index (χ4v) is 3.71. The van der Waals surface area contributed by atoms with Crippen LogP contribution in [0.25, 0.3) is 33.1 Å². The van der Waals surface area contributed by atoms with Crippen molar-refractivity contribution in [1.82, 2.24) is 15.2 Å². The molecule has 5 rings (SSSR count). The molecule has 0 aliphatic heterocycles. The molecule has 4 aromatic rings. The van der Waals surface area contributed by atoms with Crippen molar-refractivity contribution >= 4 is 28.0 Å². The molecule has 0 unspecified atom stereocenters. The molecule has 126 valence electrons. The van der Waals surface area contributed by atoms with Crippen molar-refractivity contribution < 1.29 is 4.42 Å². The number of rotatable bonds is 3. The average Bonchev–Trinajstić information content (AvgIpc) is 3.27. The van der Waals surface area contributed by atoms with Crippen LogP contribution in [0, 0.1) is 0 Å². The third-order valence-electron chi connectivity index (χ3n) is 5.09. The van der Waals surface area contributed by atoms with Crippen molar-refractivity contribution in [1.29, 1.82) is 0 Å². The Morgan fingerprint density at radius 3 is 2.76 bits per heavy atom. The number of H-pyrrole nitrogens is 1. The topological polar surface area (TPSA) is 66.7 Å². The Morgan fingerprint density at radius 1 is 1.00 bits per heavy atom. The monoisotopic (exact) mass is 332 g/mol. The van der Waals surface area contributed by atoms with E-state index in [0.29, 0.717) is 12.1 Å². The molecule has 0 saturated heterocycles. The minimum Gasteiger partial charge on any atom is -0.424 e. The number of hydrogen-bond donors (Lipinski definition) is 2. The summed E-state index contributed by atoms with van der Waals surface area (Å²) in [5.74, 6) is 0. The predicted molar refractivity (Wildman–Crippen MR) is 99.6 cm³/mol. The van der Waals surface area contributed by atoms with E-state index >= 15 is 0 Å². The van der Waals surface area contributed by atoms with Gasteiger partial charge in [0.1, 0.15) is 5.52 Å². The number of nitrogens with zero attached hydrogens (tertiary/aromatic N) is 2. The number of hydrogen-bond acceptors (Lipinski definition) is 4. The molecule has 1 fully saturated rings. The molecule has 1 saturated carbocycles. The second-order valence-electron chi connectivity index (χ2n) is 6.85.